The van der Waals surface area contributed by atoms with E-state index in [1.807, 2.05) is 0 Å². The summed E-state index contributed by atoms with van der Waals surface area (Å²) in [6.07, 6.45) is 71.0. The second-order valence-electron chi connectivity index (χ2n) is 33.2. The van der Waals surface area contributed by atoms with E-state index in [-0.39, 0.29) is 25.7 Å². The first-order valence-electron chi connectivity index (χ1n) is 45.9. The SMILES string of the molecule is CCCCCCCCCCC(=O)OC[C@H](COP(=O)(O)OC[C@H](O)COP(=O)(O)OC[C@@H](COC(=O)CCCCCCCCCCCCCCCCCCCCC(C)C)OC(=O)CCCCCCCCCCCCCCCCCCCCC(C)CC)OC(=O)CCCCCCCCCCCCCCCCC(C)C. The molecule has 19 heteroatoms. The maximum Gasteiger partial charge on any atom is 0.472 e. The number of carbonyl (C=O) groups is 4. The van der Waals surface area contributed by atoms with Gasteiger partial charge in [-0.05, 0) is 43.4 Å². The van der Waals surface area contributed by atoms with Crippen molar-refractivity contribution in [2.45, 2.75) is 491 Å². The van der Waals surface area contributed by atoms with Gasteiger partial charge in [-0.25, -0.2) is 9.13 Å². The van der Waals surface area contributed by atoms with Crippen LogP contribution >= 0.6 is 15.6 Å². The Kier molecular flexibility index (Phi) is 77.5. The molecule has 17 nitrogen and oxygen atoms in total. The third kappa shape index (κ3) is 80.7. The Balaban J connectivity index is 5.18. The molecule has 0 aromatic heterocycles. The van der Waals surface area contributed by atoms with Gasteiger partial charge in [0.25, 0.3) is 0 Å². The molecule has 0 aliphatic rings. The lowest BCUT2D eigenvalue weighted by atomic mass is 9.99. The fourth-order valence-corrected chi connectivity index (χ4v) is 15.4. The summed E-state index contributed by atoms with van der Waals surface area (Å²) in [5, 5.41) is 10.7. The van der Waals surface area contributed by atoms with Crippen LogP contribution in [0, 0.1) is 17.8 Å². The highest BCUT2D eigenvalue weighted by Gasteiger charge is 2.31. The van der Waals surface area contributed by atoms with Gasteiger partial charge in [0.1, 0.15) is 19.3 Å². The molecule has 642 valence electrons. The first-order chi connectivity index (χ1) is 52.3. The Morgan fingerprint density at radius 1 is 0.269 bits per heavy atom. The average Bonchev–Trinajstić information content (AvgIpc) is 0.900. The molecule has 0 spiro atoms. The summed E-state index contributed by atoms with van der Waals surface area (Å²) in [5.74, 6) is 0.386. The van der Waals surface area contributed by atoms with Crippen molar-refractivity contribution in [1.82, 2.24) is 0 Å². The number of rotatable bonds is 87. The van der Waals surface area contributed by atoms with Crippen LogP contribution in [0.15, 0.2) is 0 Å². The summed E-state index contributed by atoms with van der Waals surface area (Å²) >= 11 is 0. The van der Waals surface area contributed by atoms with Gasteiger partial charge in [0.15, 0.2) is 12.2 Å². The van der Waals surface area contributed by atoms with Crippen molar-refractivity contribution in [3.63, 3.8) is 0 Å². The Hall–Kier alpha value is -1.94. The zero-order valence-corrected chi connectivity index (χ0v) is 73.1. The van der Waals surface area contributed by atoms with E-state index < -0.39 is 97.5 Å². The minimum atomic E-state index is -4.97. The van der Waals surface area contributed by atoms with Gasteiger partial charge < -0.3 is 33.8 Å². The maximum absolute atomic E-state index is 13.2. The highest BCUT2D eigenvalue weighted by molar-refractivity contribution is 7.47. The Morgan fingerprint density at radius 2 is 0.472 bits per heavy atom. The van der Waals surface area contributed by atoms with Crippen molar-refractivity contribution >= 4 is 39.5 Å². The lowest BCUT2D eigenvalue weighted by Gasteiger charge is -2.21. The molecule has 0 fully saturated rings. The van der Waals surface area contributed by atoms with Gasteiger partial charge >= 0.3 is 39.5 Å². The number of aliphatic hydroxyl groups excluding tert-OH is 1. The molecule has 0 aromatic rings. The second kappa shape index (κ2) is 78.9. The van der Waals surface area contributed by atoms with E-state index >= 15 is 0 Å². The van der Waals surface area contributed by atoms with Crippen LogP contribution in [0.4, 0.5) is 0 Å². The molecule has 6 atom stereocenters. The first kappa shape index (κ1) is 106. The molecule has 3 unspecified atom stereocenters. The third-order valence-electron chi connectivity index (χ3n) is 21.2. The zero-order valence-electron chi connectivity index (χ0n) is 71.3. The predicted molar refractivity (Wildman–Crippen MR) is 446 cm³/mol. The number of ether oxygens (including phenoxy) is 4. The highest BCUT2D eigenvalue weighted by Crippen LogP contribution is 2.45. The number of unbranched alkanes of at least 4 members (excludes halogenated alkanes) is 54. The van der Waals surface area contributed by atoms with E-state index in [9.17, 15) is 43.2 Å². The van der Waals surface area contributed by atoms with Crippen LogP contribution in [0.1, 0.15) is 472 Å². The number of hydrogen-bond acceptors (Lipinski definition) is 15. The summed E-state index contributed by atoms with van der Waals surface area (Å²) in [6, 6.07) is 0. The molecule has 108 heavy (non-hydrogen) atoms. The topological polar surface area (TPSA) is 237 Å². The van der Waals surface area contributed by atoms with Gasteiger partial charge in [-0.3, -0.25) is 37.3 Å². The van der Waals surface area contributed by atoms with Gasteiger partial charge in [0, 0.05) is 25.7 Å². The molecular weight excluding hydrogens is 1400 g/mol. The summed E-state index contributed by atoms with van der Waals surface area (Å²) < 4.78 is 68.9. The molecule has 0 amide bonds. The molecule has 0 saturated carbocycles. The Labute approximate surface area is 664 Å². The molecule has 0 aliphatic heterocycles. The Bertz CT molecular complexity index is 2080. The smallest absolute Gasteiger partial charge is 0.462 e. The van der Waals surface area contributed by atoms with Crippen LogP contribution in [0.5, 0.6) is 0 Å². The van der Waals surface area contributed by atoms with Gasteiger partial charge in [-0.1, -0.05) is 421 Å². The van der Waals surface area contributed by atoms with Crippen molar-refractivity contribution in [3.05, 3.63) is 0 Å². The maximum atomic E-state index is 13.2. The molecule has 0 saturated heterocycles. The monoisotopic (exact) mass is 1580 g/mol. The van der Waals surface area contributed by atoms with Crippen LogP contribution in [0.25, 0.3) is 0 Å². The van der Waals surface area contributed by atoms with Crippen molar-refractivity contribution < 1.29 is 80.2 Å². The summed E-state index contributed by atoms with van der Waals surface area (Å²) in [4.78, 5) is 73.2. The van der Waals surface area contributed by atoms with Crippen molar-refractivity contribution in [2.24, 2.45) is 17.8 Å². The minimum Gasteiger partial charge on any atom is -0.462 e. The largest absolute Gasteiger partial charge is 0.472 e. The zero-order chi connectivity index (χ0) is 79.3. The summed E-state index contributed by atoms with van der Waals surface area (Å²) in [6.45, 7) is 12.1. The molecule has 3 N–H and O–H groups in total. The van der Waals surface area contributed by atoms with Crippen LogP contribution < -0.4 is 0 Å². The standard InChI is InChI=1S/C89H174O17P2/c1-8-10-11-12-13-49-56-63-70-86(91)99-76-84(105-88(93)73-66-59-52-45-39-33-27-26-29-35-41-47-54-61-68-81(5)6)78-103-107(95,96)101-74-83(90)75-102-108(97,98)104-79-85(77-100-87(92)71-64-57-50-43-37-31-24-20-16-14-18-22-28-34-40-46-53-60-67-80(3)4)106-89(94)72-65-58-51-44-38-32-25-21-17-15-19-23-30-36-42-48-55-62-69-82(7)9-2/h80-85,90H,8-79H2,1-7H3,(H,95,96)(H,97,98)/t82?,83-,84+,85+/m0/s1. The van der Waals surface area contributed by atoms with E-state index in [1.54, 1.807) is 0 Å². The van der Waals surface area contributed by atoms with E-state index in [0.29, 0.717) is 25.7 Å². The minimum absolute atomic E-state index is 0.107. The second-order valence-corrected chi connectivity index (χ2v) is 36.1. The third-order valence-corrected chi connectivity index (χ3v) is 23.1. The van der Waals surface area contributed by atoms with E-state index in [4.69, 9.17) is 37.0 Å². The average molecular weight is 1580 g/mol. The number of aliphatic hydroxyl groups is 1. The van der Waals surface area contributed by atoms with Crippen LogP contribution in [-0.4, -0.2) is 96.7 Å². The number of phosphoric ester groups is 2. The molecule has 0 radical (unpaired) electrons. The summed E-state index contributed by atoms with van der Waals surface area (Å²) in [7, 11) is -9.93. The number of esters is 4. The number of phosphoric acid groups is 2. The molecule has 0 bridgehead atoms. The fraction of sp³-hybridized carbons (Fsp3) is 0.955. The van der Waals surface area contributed by atoms with Crippen molar-refractivity contribution in [3.8, 4) is 0 Å². The van der Waals surface area contributed by atoms with E-state index in [2.05, 4.69) is 48.5 Å². The lowest BCUT2D eigenvalue weighted by molar-refractivity contribution is -0.161. The molecular formula is C89H174O17P2. The molecule has 0 aromatic carbocycles. The van der Waals surface area contributed by atoms with E-state index in [0.717, 1.165) is 114 Å². The van der Waals surface area contributed by atoms with Crippen LogP contribution in [0.2, 0.25) is 0 Å². The summed E-state index contributed by atoms with van der Waals surface area (Å²) in [5.41, 5.74) is 0. The van der Waals surface area contributed by atoms with Gasteiger partial charge in [-0.15, -0.1) is 0 Å². The number of carbonyl (C=O) groups excluding carboxylic acids is 4. The molecule has 0 aliphatic carbocycles. The molecule has 0 rings (SSSR count). The normalized spacial score (nSPS) is 14.1. The van der Waals surface area contributed by atoms with E-state index in [1.165, 1.54) is 276 Å². The van der Waals surface area contributed by atoms with Crippen molar-refractivity contribution in [2.75, 3.05) is 39.6 Å². The fourth-order valence-electron chi connectivity index (χ4n) is 13.9. The van der Waals surface area contributed by atoms with Gasteiger partial charge in [0.05, 0.1) is 26.4 Å². The van der Waals surface area contributed by atoms with Gasteiger partial charge in [0.2, 0.25) is 0 Å². The van der Waals surface area contributed by atoms with Crippen LogP contribution in [0.3, 0.4) is 0 Å². The van der Waals surface area contributed by atoms with Crippen LogP contribution in [-0.2, 0) is 65.4 Å². The highest BCUT2D eigenvalue weighted by atomic mass is 31.2. The number of hydrogen-bond donors (Lipinski definition) is 3. The Morgan fingerprint density at radius 3 is 0.704 bits per heavy atom. The predicted octanol–water partition coefficient (Wildman–Crippen LogP) is 27.3. The van der Waals surface area contributed by atoms with Gasteiger partial charge in [-0.2, -0.15) is 0 Å². The lowest BCUT2D eigenvalue weighted by Crippen LogP contribution is -2.30. The molecule has 0 heterocycles. The quantitative estimate of drug-likeness (QED) is 0.0222. The van der Waals surface area contributed by atoms with Crippen molar-refractivity contribution in [1.29, 1.82) is 0 Å². The first-order valence-corrected chi connectivity index (χ1v) is 48.9.